The summed E-state index contributed by atoms with van der Waals surface area (Å²) >= 11 is 0. The van der Waals surface area contributed by atoms with E-state index in [0.717, 1.165) is 39.0 Å². The van der Waals surface area contributed by atoms with Crippen molar-refractivity contribution < 1.29 is 4.74 Å². The highest BCUT2D eigenvalue weighted by Gasteiger charge is 2.17. The minimum absolute atomic E-state index is 0.467. The maximum absolute atomic E-state index is 5.98. The van der Waals surface area contributed by atoms with E-state index in [-0.39, 0.29) is 0 Å². The van der Waals surface area contributed by atoms with Crippen molar-refractivity contribution in [2.75, 3.05) is 0 Å². The van der Waals surface area contributed by atoms with Gasteiger partial charge in [-0.25, -0.2) is 15.0 Å². The SMILES string of the molecule is Cc1cccc(-c2ccnc3nc(-c4n[nH]c5ccc(-c6cncc(OCc7ccccc7)c6)nc45)[nH]c23)c1. The molecule has 39 heavy (non-hydrogen) atoms. The standard InChI is InChI=1S/C31H23N7O/c1-19-6-5-9-21(14-19)24-12-13-33-30-27(24)35-31(36-30)29-28-26(37-38-29)11-10-25(34-28)22-15-23(17-32-16-22)39-18-20-7-3-2-4-8-20/h2-17H,18H2,1H3,(H,37,38)(H,33,35,36). The van der Waals surface area contributed by atoms with Gasteiger partial charge in [-0.15, -0.1) is 0 Å². The first-order valence-corrected chi connectivity index (χ1v) is 12.6. The number of hydrogen-bond donors (Lipinski definition) is 2. The van der Waals surface area contributed by atoms with Crippen molar-refractivity contribution in [1.82, 2.24) is 35.1 Å². The Morgan fingerprint density at radius 2 is 1.77 bits per heavy atom. The van der Waals surface area contributed by atoms with E-state index < -0.39 is 0 Å². The largest absolute Gasteiger partial charge is 0.487 e. The molecule has 7 aromatic rings. The molecule has 0 bridgehead atoms. The number of aromatic nitrogens is 7. The van der Waals surface area contributed by atoms with Gasteiger partial charge in [-0.1, -0.05) is 60.2 Å². The average Bonchev–Trinajstić information content (AvgIpc) is 3.60. The van der Waals surface area contributed by atoms with E-state index in [1.807, 2.05) is 54.6 Å². The van der Waals surface area contributed by atoms with Gasteiger partial charge in [0.05, 0.1) is 22.9 Å². The van der Waals surface area contributed by atoms with Crippen LogP contribution in [0.3, 0.4) is 0 Å². The number of aryl methyl sites for hydroxylation is 1. The van der Waals surface area contributed by atoms with Gasteiger partial charge in [0.2, 0.25) is 0 Å². The van der Waals surface area contributed by atoms with Crippen LogP contribution in [0.5, 0.6) is 5.75 Å². The van der Waals surface area contributed by atoms with E-state index in [1.165, 1.54) is 5.56 Å². The molecule has 0 saturated heterocycles. The first-order valence-electron chi connectivity index (χ1n) is 12.6. The number of imidazole rings is 1. The van der Waals surface area contributed by atoms with Crippen molar-refractivity contribution in [2.45, 2.75) is 13.5 Å². The molecule has 2 N–H and O–H groups in total. The van der Waals surface area contributed by atoms with Gasteiger partial charge in [0.25, 0.3) is 0 Å². The Morgan fingerprint density at radius 1 is 0.846 bits per heavy atom. The van der Waals surface area contributed by atoms with Crippen LogP contribution in [-0.4, -0.2) is 35.1 Å². The van der Waals surface area contributed by atoms with Crippen LogP contribution in [-0.2, 0) is 6.61 Å². The molecule has 0 fully saturated rings. The van der Waals surface area contributed by atoms with Gasteiger partial charge in [-0.05, 0) is 42.3 Å². The Kier molecular flexibility index (Phi) is 5.55. The fourth-order valence-corrected chi connectivity index (χ4v) is 4.68. The summed E-state index contributed by atoms with van der Waals surface area (Å²) in [6.07, 6.45) is 5.27. The highest BCUT2D eigenvalue weighted by atomic mass is 16.5. The maximum Gasteiger partial charge on any atom is 0.178 e. The van der Waals surface area contributed by atoms with Crippen LogP contribution in [0.1, 0.15) is 11.1 Å². The molecule has 8 heteroatoms. The molecule has 8 nitrogen and oxygen atoms in total. The van der Waals surface area contributed by atoms with Crippen molar-refractivity contribution >= 4 is 22.2 Å². The molecular formula is C31H23N7O. The second-order valence-corrected chi connectivity index (χ2v) is 9.36. The van der Waals surface area contributed by atoms with Gasteiger partial charge in [0.1, 0.15) is 17.9 Å². The van der Waals surface area contributed by atoms with E-state index in [0.29, 0.717) is 35.0 Å². The Labute approximate surface area is 223 Å². The summed E-state index contributed by atoms with van der Waals surface area (Å²) in [5.41, 5.74) is 9.67. The van der Waals surface area contributed by atoms with Crippen LogP contribution >= 0.6 is 0 Å². The normalized spacial score (nSPS) is 11.3. The molecule has 7 rings (SSSR count). The molecule has 0 spiro atoms. The molecule has 0 atom stereocenters. The second-order valence-electron chi connectivity index (χ2n) is 9.36. The summed E-state index contributed by atoms with van der Waals surface area (Å²) < 4.78 is 5.98. The van der Waals surface area contributed by atoms with E-state index in [1.54, 1.807) is 18.6 Å². The van der Waals surface area contributed by atoms with Crippen LogP contribution in [0.25, 0.3) is 56.1 Å². The minimum Gasteiger partial charge on any atom is -0.487 e. The third-order valence-corrected chi connectivity index (χ3v) is 6.61. The molecule has 0 unspecified atom stereocenters. The van der Waals surface area contributed by atoms with E-state index in [9.17, 15) is 0 Å². The molecule has 0 radical (unpaired) electrons. The lowest BCUT2D eigenvalue weighted by atomic mass is 10.0. The molecule has 5 heterocycles. The number of nitrogens with zero attached hydrogens (tertiary/aromatic N) is 5. The van der Waals surface area contributed by atoms with Crippen molar-refractivity contribution in [1.29, 1.82) is 0 Å². The number of pyridine rings is 3. The fraction of sp³-hybridized carbons (Fsp3) is 0.0645. The maximum atomic E-state index is 5.98. The lowest BCUT2D eigenvalue weighted by molar-refractivity contribution is 0.305. The van der Waals surface area contributed by atoms with Gasteiger partial charge in [-0.2, -0.15) is 5.10 Å². The van der Waals surface area contributed by atoms with Crippen LogP contribution < -0.4 is 4.74 Å². The number of nitrogens with one attached hydrogen (secondary N) is 2. The predicted molar refractivity (Wildman–Crippen MR) is 151 cm³/mol. The Balaban J connectivity index is 1.24. The summed E-state index contributed by atoms with van der Waals surface area (Å²) in [4.78, 5) is 22.0. The van der Waals surface area contributed by atoms with Crippen LogP contribution in [0, 0.1) is 6.92 Å². The second kappa shape index (κ2) is 9.50. The molecule has 0 saturated carbocycles. The first-order chi connectivity index (χ1) is 19.2. The van der Waals surface area contributed by atoms with Crippen molar-refractivity contribution in [2.24, 2.45) is 0 Å². The molecule has 188 valence electrons. The van der Waals surface area contributed by atoms with Gasteiger partial charge in [0, 0.05) is 23.5 Å². The zero-order valence-electron chi connectivity index (χ0n) is 21.1. The number of fused-ring (bicyclic) bond motifs is 2. The van der Waals surface area contributed by atoms with Crippen LogP contribution in [0.2, 0.25) is 0 Å². The average molecular weight is 510 g/mol. The zero-order valence-corrected chi connectivity index (χ0v) is 21.1. The molecular weight excluding hydrogens is 486 g/mol. The first kappa shape index (κ1) is 22.8. The third kappa shape index (κ3) is 4.38. The van der Waals surface area contributed by atoms with E-state index in [4.69, 9.17) is 14.7 Å². The minimum atomic E-state index is 0.467. The molecule has 0 amide bonds. The number of ether oxygens (including phenoxy) is 1. The number of benzene rings is 2. The van der Waals surface area contributed by atoms with E-state index in [2.05, 4.69) is 56.3 Å². The van der Waals surface area contributed by atoms with Gasteiger partial charge >= 0.3 is 0 Å². The van der Waals surface area contributed by atoms with Crippen molar-refractivity contribution in [3.63, 3.8) is 0 Å². The molecule has 5 aromatic heterocycles. The summed E-state index contributed by atoms with van der Waals surface area (Å²) in [7, 11) is 0. The van der Waals surface area contributed by atoms with Crippen LogP contribution in [0.4, 0.5) is 0 Å². The van der Waals surface area contributed by atoms with Gasteiger partial charge < -0.3 is 9.72 Å². The molecule has 0 aliphatic carbocycles. The Hall–Kier alpha value is -5.37. The molecule has 0 aliphatic heterocycles. The topological polar surface area (TPSA) is 105 Å². The molecule has 2 aromatic carbocycles. The number of rotatable bonds is 6. The van der Waals surface area contributed by atoms with Crippen LogP contribution in [0.15, 0.2) is 97.5 Å². The number of aromatic amines is 2. The number of H-pyrrole nitrogens is 2. The lowest BCUT2D eigenvalue weighted by Crippen LogP contribution is -1.96. The fourth-order valence-electron chi connectivity index (χ4n) is 4.68. The Morgan fingerprint density at radius 3 is 2.67 bits per heavy atom. The van der Waals surface area contributed by atoms with Crippen molar-refractivity contribution in [3.05, 3.63) is 109 Å². The van der Waals surface area contributed by atoms with Crippen molar-refractivity contribution in [3.8, 4) is 39.7 Å². The summed E-state index contributed by atoms with van der Waals surface area (Å²) in [5.74, 6) is 1.28. The number of hydrogen-bond acceptors (Lipinski definition) is 6. The third-order valence-electron chi connectivity index (χ3n) is 6.61. The molecule has 0 aliphatic rings. The monoisotopic (exact) mass is 509 g/mol. The predicted octanol–water partition coefficient (Wildman–Crippen LogP) is 6.51. The zero-order chi connectivity index (χ0) is 26.2. The summed E-state index contributed by atoms with van der Waals surface area (Å²) in [6, 6.07) is 26.3. The van der Waals surface area contributed by atoms with E-state index >= 15 is 0 Å². The van der Waals surface area contributed by atoms with Gasteiger partial charge in [0.15, 0.2) is 17.2 Å². The Bertz CT molecular complexity index is 1940. The lowest BCUT2D eigenvalue weighted by Gasteiger charge is -2.08. The highest BCUT2D eigenvalue weighted by Crippen LogP contribution is 2.31. The van der Waals surface area contributed by atoms with Gasteiger partial charge in [-0.3, -0.25) is 10.1 Å². The highest BCUT2D eigenvalue weighted by molar-refractivity contribution is 5.95. The smallest absolute Gasteiger partial charge is 0.178 e. The summed E-state index contributed by atoms with van der Waals surface area (Å²) in [5, 5.41) is 7.62. The summed E-state index contributed by atoms with van der Waals surface area (Å²) in [6.45, 7) is 2.55. The quantitative estimate of drug-likeness (QED) is 0.265.